The van der Waals surface area contributed by atoms with Gasteiger partial charge in [-0.25, -0.2) is 13.4 Å². The van der Waals surface area contributed by atoms with Crippen LogP contribution in [-0.4, -0.2) is 35.8 Å². The van der Waals surface area contributed by atoms with Gasteiger partial charge < -0.3 is 10.3 Å². The first-order valence-corrected chi connectivity index (χ1v) is 13.5. The molecule has 4 rings (SSSR count). The highest BCUT2D eigenvalue weighted by Gasteiger charge is 2.43. The molecule has 0 radical (unpaired) electrons. The molecule has 3 aromatic rings. The molecule has 36 heavy (non-hydrogen) atoms. The summed E-state index contributed by atoms with van der Waals surface area (Å²) < 4.78 is 23.9. The number of carbonyl (C=O) groups is 2. The van der Waals surface area contributed by atoms with E-state index in [2.05, 4.69) is 15.3 Å². The lowest BCUT2D eigenvalue weighted by molar-refractivity contribution is -0.115. The molecule has 9 heteroatoms. The molecule has 0 bridgehead atoms. The van der Waals surface area contributed by atoms with Crippen molar-refractivity contribution < 1.29 is 18.0 Å². The highest BCUT2D eigenvalue weighted by molar-refractivity contribution is 7.91. The lowest BCUT2D eigenvalue weighted by Gasteiger charge is -2.34. The molecule has 188 valence electrons. The average molecular weight is 508 g/mol. The Morgan fingerprint density at radius 3 is 2.44 bits per heavy atom. The Morgan fingerprint density at radius 2 is 1.81 bits per heavy atom. The van der Waals surface area contributed by atoms with E-state index in [0.717, 1.165) is 5.56 Å². The van der Waals surface area contributed by atoms with Gasteiger partial charge in [-0.15, -0.1) is 0 Å². The fraction of sp³-hybridized carbons (Fsp3) is 0.333. The number of anilines is 1. The Hall–Kier alpha value is -3.59. The second-order valence-corrected chi connectivity index (χ2v) is 11.7. The number of nitrogens with zero attached hydrogens (tertiary/aromatic N) is 1. The fourth-order valence-corrected chi connectivity index (χ4v) is 5.79. The molecule has 2 N–H and O–H groups in total. The molecule has 1 amide bonds. The van der Waals surface area contributed by atoms with Crippen LogP contribution in [0.4, 0.5) is 5.82 Å². The summed E-state index contributed by atoms with van der Waals surface area (Å²) in [5.74, 6) is -0.0780. The van der Waals surface area contributed by atoms with Gasteiger partial charge in [0.05, 0.1) is 28.2 Å². The van der Waals surface area contributed by atoms with Crippen LogP contribution >= 0.6 is 0 Å². The Morgan fingerprint density at radius 1 is 1.11 bits per heavy atom. The van der Waals surface area contributed by atoms with Crippen molar-refractivity contribution in [1.82, 2.24) is 9.97 Å². The molecule has 2 heterocycles. The number of hydrogen-bond donors (Lipinski definition) is 2. The molecule has 8 nitrogen and oxygen atoms in total. The Labute approximate surface area is 210 Å². The van der Waals surface area contributed by atoms with E-state index in [0.29, 0.717) is 46.6 Å². The topological polar surface area (TPSA) is 126 Å². The second kappa shape index (κ2) is 9.46. The molecule has 0 saturated heterocycles. The molecule has 0 saturated carbocycles. The summed E-state index contributed by atoms with van der Waals surface area (Å²) in [5, 5.41) is 2.79. The van der Waals surface area contributed by atoms with Crippen molar-refractivity contribution in [1.29, 1.82) is 0 Å². The maximum absolute atomic E-state index is 13.6. The molecular formula is C27H29N3O5S. The quantitative estimate of drug-likeness (QED) is 0.526. The predicted molar refractivity (Wildman–Crippen MR) is 137 cm³/mol. The smallest absolute Gasteiger partial charge is 0.252 e. The predicted octanol–water partition coefficient (Wildman–Crippen LogP) is 3.45. The van der Waals surface area contributed by atoms with E-state index in [1.54, 1.807) is 44.3 Å². The number of H-pyrrole nitrogens is 1. The van der Waals surface area contributed by atoms with Gasteiger partial charge in [0.25, 0.3) is 5.56 Å². The van der Waals surface area contributed by atoms with Gasteiger partial charge in [0.2, 0.25) is 5.91 Å². The third-order valence-electron chi connectivity index (χ3n) is 6.90. The maximum Gasteiger partial charge on any atom is 0.252 e. The summed E-state index contributed by atoms with van der Waals surface area (Å²) in [4.78, 5) is 46.3. The molecule has 0 spiro atoms. The highest BCUT2D eigenvalue weighted by atomic mass is 32.2. The largest absolute Gasteiger partial charge is 0.329 e. The van der Waals surface area contributed by atoms with Crippen LogP contribution in [0.15, 0.2) is 52.3 Å². The summed E-state index contributed by atoms with van der Waals surface area (Å²) in [6.07, 6.45) is 2.55. The van der Waals surface area contributed by atoms with E-state index in [4.69, 9.17) is 0 Å². The summed E-state index contributed by atoms with van der Waals surface area (Å²) in [6.45, 7) is 7.02. The number of benzene rings is 1. The van der Waals surface area contributed by atoms with E-state index in [1.165, 1.54) is 12.1 Å². The third kappa shape index (κ3) is 4.63. The van der Waals surface area contributed by atoms with Crippen LogP contribution in [0.25, 0.3) is 0 Å². The minimum atomic E-state index is -3.30. The van der Waals surface area contributed by atoms with Crippen LogP contribution in [0, 0.1) is 13.8 Å². The molecule has 0 fully saturated rings. The molecule has 1 aliphatic carbocycles. The number of nitrogens with one attached hydrogen (secondary N) is 2. The van der Waals surface area contributed by atoms with E-state index in [1.807, 2.05) is 13.8 Å². The zero-order valence-corrected chi connectivity index (χ0v) is 21.6. The van der Waals surface area contributed by atoms with Gasteiger partial charge >= 0.3 is 0 Å². The number of aromatic nitrogens is 2. The van der Waals surface area contributed by atoms with Crippen molar-refractivity contribution in [2.75, 3.05) is 11.1 Å². The van der Waals surface area contributed by atoms with E-state index in [9.17, 15) is 22.8 Å². The van der Waals surface area contributed by atoms with Gasteiger partial charge in [0.15, 0.2) is 15.6 Å². The normalized spacial score (nSPS) is 17.5. The lowest BCUT2D eigenvalue weighted by atomic mass is 9.67. The first kappa shape index (κ1) is 25.5. The summed E-state index contributed by atoms with van der Waals surface area (Å²) >= 11 is 0. The monoisotopic (exact) mass is 507 g/mol. The van der Waals surface area contributed by atoms with Crippen LogP contribution in [0.2, 0.25) is 0 Å². The number of carbonyl (C=O) groups excluding carboxylic acids is 2. The van der Waals surface area contributed by atoms with Gasteiger partial charge in [-0.3, -0.25) is 14.4 Å². The van der Waals surface area contributed by atoms with Crippen LogP contribution in [0.3, 0.4) is 0 Å². The van der Waals surface area contributed by atoms with Crippen LogP contribution in [0.5, 0.6) is 0 Å². The summed E-state index contributed by atoms with van der Waals surface area (Å²) in [6, 6.07) is 9.72. The van der Waals surface area contributed by atoms with E-state index in [-0.39, 0.29) is 34.3 Å². The molecule has 1 atom stereocenters. The summed E-state index contributed by atoms with van der Waals surface area (Å²) in [5.41, 5.74) is 2.49. The number of rotatable bonds is 6. The fourth-order valence-electron chi connectivity index (χ4n) is 4.91. The lowest BCUT2D eigenvalue weighted by Crippen LogP contribution is -2.43. The Kier molecular flexibility index (Phi) is 6.70. The van der Waals surface area contributed by atoms with Crippen molar-refractivity contribution in [3.05, 3.63) is 86.5 Å². The van der Waals surface area contributed by atoms with Gasteiger partial charge in [-0.1, -0.05) is 19.1 Å². The van der Waals surface area contributed by atoms with Crippen molar-refractivity contribution in [3.8, 4) is 0 Å². The zero-order valence-electron chi connectivity index (χ0n) is 20.8. The number of pyridine rings is 2. The van der Waals surface area contributed by atoms with Gasteiger partial charge in [0.1, 0.15) is 5.82 Å². The molecule has 0 aliphatic heterocycles. The molecule has 2 aromatic heterocycles. The molecule has 1 aromatic carbocycles. The van der Waals surface area contributed by atoms with Crippen LogP contribution in [-0.2, 0) is 32.9 Å². The third-order valence-corrected chi connectivity index (χ3v) is 8.65. The number of aromatic amines is 1. The minimum Gasteiger partial charge on any atom is -0.329 e. The first-order valence-electron chi connectivity index (χ1n) is 11.8. The van der Waals surface area contributed by atoms with E-state index < -0.39 is 15.3 Å². The number of ketones is 1. The number of fused-ring (bicyclic) bond motifs is 1. The zero-order chi connectivity index (χ0) is 26.3. The first-order chi connectivity index (χ1) is 17.0. The molecular weight excluding hydrogens is 478 g/mol. The van der Waals surface area contributed by atoms with Gasteiger partial charge in [-0.2, -0.15) is 0 Å². The molecule has 1 unspecified atom stereocenters. The van der Waals surface area contributed by atoms with Gasteiger partial charge in [-0.05, 0) is 74.6 Å². The number of aryl methyl sites for hydroxylation is 3. The molecule has 1 aliphatic rings. The van der Waals surface area contributed by atoms with Crippen molar-refractivity contribution >= 4 is 27.3 Å². The maximum atomic E-state index is 13.6. The van der Waals surface area contributed by atoms with E-state index >= 15 is 0 Å². The SMILES string of the molecule is CCS(=O)(=O)c1ccc(CC(=O)Nc2cc(C)c3c(n2)CCC(C)(c2c(C)cc[nH]c2=O)C3=O)cc1. The number of hydrogen-bond acceptors (Lipinski definition) is 6. The van der Waals surface area contributed by atoms with Crippen molar-refractivity contribution in [2.24, 2.45) is 0 Å². The number of sulfone groups is 1. The second-order valence-electron chi connectivity index (χ2n) is 9.44. The summed E-state index contributed by atoms with van der Waals surface area (Å²) in [7, 11) is -3.30. The van der Waals surface area contributed by atoms with Crippen molar-refractivity contribution in [3.63, 3.8) is 0 Å². The van der Waals surface area contributed by atoms with Crippen LogP contribution in [0.1, 0.15) is 58.6 Å². The number of amides is 1. The Bertz CT molecular complexity index is 1520. The minimum absolute atomic E-state index is 0.0132. The number of Topliss-reactive ketones (excluding diaryl/α,β-unsaturated/α-hetero) is 1. The van der Waals surface area contributed by atoms with Crippen LogP contribution < -0.4 is 10.9 Å². The highest BCUT2D eigenvalue weighted by Crippen LogP contribution is 2.39. The van der Waals surface area contributed by atoms with Gasteiger partial charge in [0, 0.05) is 17.3 Å². The Balaban J connectivity index is 1.55. The standard InChI is InChI=1S/C27H29N3O5S/c1-5-36(34,35)19-8-6-18(7-9-19)15-22(31)30-21-14-17(3)23-20(29-21)10-12-27(4,25(23)32)24-16(2)11-13-28-26(24)33/h6-9,11,13-14H,5,10,12,15H2,1-4H3,(H,28,33)(H,29,30,31). The average Bonchev–Trinajstić information content (AvgIpc) is 2.81. The van der Waals surface area contributed by atoms with Crippen molar-refractivity contribution in [2.45, 2.75) is 57.3 Å².